The van der Waals surface area contributed by atoms with Crippen LogP contribution >= 0.6 is 11.8 Å². The molecule has 1 aliphatic rings. The Bertz CT molecular complexity index is 1030. The number of thioether (sulfide) groups is 1. The van der Waals surface area contributed by atoms with Crippen molar-refractivity contribution in [3.05, 3.63) is 70.6 Å². The zero-order chi connectivity index (χ0) is 20.9. The molecule has 156 valence electrons. The van der Waals surface area contributed by atoms with E-state index in [9.17, 15) is 4.79 Å². The Morgan fingerprint density at radius 1 is 1.23 bits per heavy atom. The average molecular weight is 424 g/mol. The highest BCUT2D eigenvalue weighted by Crippen LogP contribution is 2.29. The first kappa shape index (κ1) is 20.5. The quantitative estimate of drug-likeness (QED) is 0.562. The minimum absolute atomic E-state index is 0.0342. The molecule has 0 spiro atoms. The molecule has 0 saturated carbocycles. The molecule has 1 aliphatic carbocycles. The molecule has 30 heavy (non-hydrogen) atoms. The van der Waals surface area contributed by atoms with E-state index in [-0.39, 0.29) is 24.3 Å². The van der Waals surface area contributed by atoms with Crippen LogP contribution in [0, 0.1) is 13.8 Å². The van der Waals surface area contributed by atoms with Gasteiger partial charge in [-0.25, -0.2) is 0 Å². The van der Waals surface area contributed by atoms with Gasteiger partial charge in [0.2, 0.25) is 5.91 Å². The smallest absolute Gasteiger partial charge is 0.277 e. The molecule has 1 aromatic heterocycles. The highest BCUT2D eigenvalue weighted by molar-refractivity contribution is 7.99. The number of amides is 1. The van der Waals surface area contributed by atoms with Crippen molar-refractivity contribution in [1.29, 1.82) is 0 Å². The van der Waals surface area contributed by atoms with E-state index in [1.807, 2.05) is 38.1 Å². The van der Waals surface area contributed by atoms with Crippen LogP contribution in [0.3, 0.4) is 0 Å². The van der Waals surface area contributed by atoms with Crippen LogP contribution in [0.2, 0.25) is 0 Å². The lowest BCUT2D eigenvalue weighted by Crippen LogP contribution is -2.32. The Labute approximate surface area is 180 Å². The molecular weight excluding hydrogens is 398 g/mol. The number of fused-ring (bicyclic) bond motifs is 1. The van der Waals surface area contributed by atoms with Crippen molar-refractivity contribution in [2.75, 3.05) is 5.75 Å². The van der Waals surface area contributed by atoms with Crippen LogP contribution < -0.4 is 10.1 Å². The number of carbonyl (C=O) groups is 1. The third-order valence-corrected chi connectivity index (χ3v) is 5.99. The second kappa shape index (κ2) is 9.34. The van der Waals surface area contributed by atoms with Crippen LogP contribution in [0.5, 0.6) is 5.75 Å². The number of hydrogen-bond donors (Lipinski definition) is 1. The van der Waals surface area contributed by atoms with Crippen LogP contribution in [-0.2, 0) is 17.8 Å². The monoisotopic (exact) mass is 423 g/mol. The number of rotatable bonds is 7. The molecule has 4 rings (SSSR count). The minimum atomic E-state index is -0.0342. The van der Waals surface area contributed by atoms with Gasteiger partial charge in [0, 0.05) is 0 Å². The molecule has 1 N–H and O–H groups in total. The normalized spacial score (nSPS) is 15.5. The molecule has 1 heterocycles. The maximum atomic E-state index is 12.4. The van der Waals surface area contributed by atoms with Gasteiger partial charge in [-0.2, -0.15) is 0 Å². The Morgan fingerprint density at radius 2 is 2.10 bits per heavy atom. The molecule has 0 unspecified atom stereocenters. The van der Waals surface area contributed by atoms with Gasteiger partial charge >= 0.3 is 0 Å². The molecule has 1 amide bonds. The number of nitrogens with one attached hydrogen (secondary N) is 1. The molecule has 0 bridgehead atoms. The van der Waals surface area contributed by atoms with E-state index in [0.29, 0.717) is 11.1 Å². The van der Waals surface area contributed by atoms with Gasteiger partial charge in [0.15, 0.2) is 6.61 Å². The van der Waals surface area contributed by atoms with E-state index < -0.39 is 0 Å². The molecule has 6 nitrogen and oxygen atoms in total. The highest BCUT2D eigenvalue weighted by Gasteiger charge is 2.21. The van der Waals surface area contributed by atoms with Crippen molar-refractivity contribution < 1.29 is 13.9 Å². The molecule has 0 radical (unpaired) electrons. The summed E-state index contributed by atoms with van der Waals surface area (Å²) in [4.78, 5) is 12.4. The van der Waals surface area contributed by atoms with Crippen molar-refractivity contribution >= 4 is 17.7 Å². The lowest BCUT2D eigenvalue weighted by molar-refractivity contribution is -0.119. The van der Waals surface area contributed by atoms with E-state index >= 15 is 0 Å². The van der Waals surface area contributed by atoms with Crippen molar-refractivity contribution in [3.8, 4) is 5.75 Å². The van der Waals surface area contributed by atoms with Crippen molar-refractivity contribution in [2.45, 2.75) is 51.0 Å². The number of nitrogens with zero attached hydrogens (tertiary/aromatic N) is 2. The largest absolute Gasteiger partial charge is 0.484 e. The van der Waals surface area contributed by atoms with Crippen LogP contribution in [-0.4, -0.2) is 21.9 Å². The molecule has 0 saturated heterocycles. The van der Waals surface area contributed by atoms with E-state index in [1.54, 1.807) is 0 Å². The predicted molar refractivity (Wildman–Crippen MR) is 116 cm³/mol. The van der Waals surface area contributed by atoms with Crippen molar-refractivity contribution in [3.63, 3.8) is 0 Å². The second-order valence-electron chi connectivity index (χ2n) is 7.52. The van der Waals surface area contributed by atoms with Crippen LogP contribution in [0.15, 0.2) is 52.1 Å². The minimum Gasteiger partial charge on any atom is -0.484 e. The molecule has 7 heteroatoms. The lowest BCUT2D eigenvalue weighted by atomic mass is 9.88. The number of aryl methyl sites for hydroxylation is 3. The van der Waals surface area contributed by atoms with Crippen LogP contribution in [0.1, 0.15) is 47.0 Å². The van der Waals surface area contributed by atoms with Gasteiger partial charge in [-0.3, -0.25) is 4.79 Å². The molecule has 2 aromatic carbocycles. The number of benzene rings is 2. The van der Waals surface area contributed by atoms with E-state index in [4.69, 9.17) is 9.15 Å². The highest BCUT2D eigenvalue weighted by atomic mass is 32.2. The summed E-state index contributed by atoms with van der Waals surface area (Å²) in [7, 11) is 0. The van der Waals surface area contributed by atoms with Crippen molar-refractivity contribution in [2.24, 2.45) is 0 Å². The van der Waals surface area contributed by atoms with E-state index in [2.05, 4.69) is 33.7 Å². The third-order valence-electron chi connectivity index (χ3n) is 5.17. The Hall–Kier alpha value is -2.80. The zero-order valence-electron chi connectivity index (χ0n) is 17.2. The zero-order valence-corrected chi connectivity index (χ0v) is 18.0. The summed E-state index contributed by atoms with van der Waals surface area (Å²) in [6.45, 7) is 4.21. The van der Waals surface area contributed by atoms with Gasteiger partial charge in [0.05, 0.1) is 11.8 Å². The first-order valence-electron chi connectivity index (χ1n) is 10.1. The summed E-state index contributed by atoms with van der Waals surface area (Å²) in [6.07, 6.45) is 3.13. The maximum absolute atomic E-state index is 12.4. The van der Waals surface area contributed by atoms with Gasteiger partial charge in [0.1, 0.15) is 5.75 Å². The van der Waals surface area contributed by atoms with Crippen LogP contribution in [0.4, 0.5) is 0 Å². The predicted octanol–water partition coefficient (Wildman–Crippen LogP) is 4.55. The average Bonchev–Trinajstić information content (AvgIpc) is 3.21. The first-order chi connectivity index (χ1) is 14.6. The van der Waals surface area contributed by atoms with Gasteiger partial charge in [-0.05, 0) is 61.4 Å². The molecular formula is C23H25N3O3S. The maximum Gasteiger partial charge on any atom is 0.277 e. The molecule has 1 atom stereocenters. The second-order valence-corrected chi connectivity index (χ2v) is 8.45. The fourth-order valence-corrected chi connectivity index (χ4v) is 4.22. The van der Waals surface area contributed by atoms with Crippen LogP contribution in [0.25, 0.3) is 0 Å². The first-order valence-corrected chi connectivity index (χ1v) is 11.1. The number of carbonyl (C=O) groups excluding carboxylic acids is 1. The Balaban J connectivity index is 1.27. The molecule has 0 fully saturated rings. The number of ether oxygens (including phenoxy) is 1. The topological polar surface area (TPSA) is 77.2 Å². The van der Waals surface area contributed by atoms with Crippen molar-refractivity contribution in [1.82, 2.24) is 15.5 Å². The van der Waals surface area contributed by atoms with E-state index in [0.717, 1.165) is 36.1 Å². The molecule has 0 aliphatic heterocycles. The Morgan fingerprint density at radius 3 is 3.00 bits per heavy atom. The standard InChI is InChI=1S/C23H25N3O3S/c1-15-10-11-16(2)20(12-15)28-13-22-25-26-23(29-22)30-14-21(27)24-19-9-5-7-17-6-3-4-8-18(17)19/h3-4,6,8,10-12,19H,5,7,9,13-14H2,1-2H3,(H,24,27)/t19-/m1/s1. The van der Waals surface area contributed by atoms with Gasteiger partial charge in [-0.1, -0.05) is 48.2 Å². The summed E-state index contributed by atoms with van der Waals surface area (Å²) in [5.41, 5.74) is 4.73. The SMILES string of the molecule is Cc1ccc(C)c(OCc2nnc(SCC(=O)N[C@@H]3CCCc4ccccc43)o2)c1. The summed E-state index contributed by atoms with van der Waals surface area (Å²) in [5, 5.41) is 11.5. The van der Waals surface area contributed by atoms with Gasteiger partial charge < -0.3 is 14.5 Å². The summed E-state index contributed by atoms with van der Waals surface area (Å²) < 4.78 is 11.4. The molecule has 3 aromatic rings. The lowest BCUT2D eigenvalue weighted by Gasteiger charge is -2.26. The summed E-state index contributed by atoms with van der Waals surface area (Å²) >= 11 is 1.24. The van der Waals surface area contributed by atoms with Gasteiger partial charge in [0.25, 0.3) is 11.1 Å². The fourth-order valence-electron chi connectivity index (χ4n) is 3.62. The summed E-state index contributed by atoms with van der Waals surface area (Å²) in [5.74, 6) is 1.39. The summed E-state index contributed by atoms with van der Waals surface area (Å²) in [6, 6.07) is 14.4. The third kappa shape index (κ3) is 5.02. The fraction of sp³-hybridized carbons (Fsp3) is 0.348. The van der Waals surface area contributed by atoms with Gasteiger partial charge in [-0.15, -0.1) is 10.2 Å². The van der Waals surface area contributed by atoms with E-state index in [1.165, 1.54) is 22.9 Å². The number of hydrogen-bond acceptors (Lipinski definition) is 6. The Kier molecular flexibility index (Phi) is 6.38. The number of aromatic nitrogens is 2.